The highest BCUT2D eigenvalue weighted by atomic mass is 35.5. The van der Waals surface area contributed by atoms with Gasteiger partial charge in [-0.25, -0.2) is 0 Å². The van der Waals surface area contributed by atoms with Crippen LogP contribution in [0, 0.1) is 0 Å². The molecule has 0 aliphatic heterocycles. The Morgan fingerprint density at radius 2 is 2.21 bits per heavy atom. The SMILES string of the molecule is C=CC(NCCC)c1ccccc1Cl. The molecular weight excluding hydrogens is 194 g/mol. The van der Waals surface area contributed by atoms with Crippen LogP contribution in [0.3, 0.4) is 0 Å². The molecule has 1 aromatic rings. The van der Waals surface area contributed by atoms with Gasteiger partial charge in [-0.3, -0.25) is 0 Å². The third-order valence-electron chi connectivity index (χ3n) is 2.09. The minimum Gasteiger partial charge on any atom is -0.307 e. The van der Waals surface area contributed by atoms with Crippen molar-refractivity contribution in [3.8, 4) is 0 Å². The zero-order valence-corrected chi connectivity index (χ0v) is 9.22. The van der Waals surface area contributed by atoms with Crippen LogP contribution in [-0.4, -0.2) is 6.54 Å². The molecule has 0 saturated carbocycles. The van der Waals surface area contributed by atoms with Gasteiger partial charge in [-0.2, -0.15) is 0 Å². The molecule has 1 atom stereocenters. The summed E-state index contributed by atoms with van der Waals surface area (Å²) in [4.78, 5) is 0. The molecule has 1 rings (SSSR count). The van der Waals surface area contributed by atoms with Gasteiger partial charge in [0.1, 0.15) is 0 Å². The van der Waals surface area contributed by atoms with Crippen LogP contribution in [0.1, 0.15) is 24.9 Å². The first-order valence-corrected chi connectivity index (χ1v) is 5.27. The molecular formula is C12H16ClN. The van der Waals surface area contributed by atoms with Crippen LogP contribution < -0.4 is 5.32 Å². The second-order valence-corrected chi connectivity index (χ2v) is 3.60. The van der Waals surface area contributed by atoms with Crippen LogP contribution in [0.2, 0.25) is 5.02 Å². The first kappa shape index (κ1) is 11.3. The highest BCUT2D eigenvalue weighted by molar-refractivity contribution is 6.31. The van der Waals surface area contributed by atoms with Gasteiger partial charge in [-0.1, -0.05) is 42.8 Å². The fourth-order valence-corrected chi connectivity index (χ4v) is 1.60. The van der Waals surface area contributed by atoms with E-state index in [0.29, 0.717) is 0 Å². The van der Waals surface area contributed by atoms with Crippen molar-refractivity contribution < 1.29 is 0 Å². The Balaban J connectivity index is 2.78. The van der Waals surface area contributed by atoms with Gasteiger partial charge in [0, 0.05) is 5.02 Å². The predicted molar refractivity (Wildman–Crippen MR) is 62.7 cm³/mol. The van der Waals surface area contributed by atoms with E-state index < -0.39 is 0 Å². The van der Waals surface area contributed by atoms with Crippen molar-refractivity contribution in [2.24, 2.45) is 0 Å². The van der Waals surface area contributed by atoms with Gasteiger partial charge < -0.3 is 5.32 Å². The van der Waals surface area contributed by atoms with E-state index in [-0.39, 0.29) is 6.04 Å². The standard InChI is InChI=1S/C12H16ClN/c1-3-9-14-12(4-2)10-7-5-6-8-11(10)13/h4-8,12,14H,2-3,9H2,1H3. The summed E-state index contributed by atoms with van der Waals surface area (Å²) in [5.41, 5.74) is 1.10. The summed E-state index contributed by atoms with van der Waals surface area (Å²) in [6.45, 7) is 6.92. The topological polar surface area (TPSA) is 12.0 Å². The van der Waals surface area contributed by atoms with Crippen LogP contribution in [0.5, 0.6) is 0 Å². The smallest absolute Gasteiger partial charge is 0.0518 e. The summed E-state index contributed by atoms with van der Waals surface area (Å²) in [5.74, 6) is 0. The normalized spacial score (nSPS) is 12.4. The number of benzene rings is 1. The Bertz CT molecular complexity index is 296. The highest BCUT2D eigenvalue weighted by Crippen LogP contribution is 2.22. The molecule has 0 spiro atoms. The van der Waals surface area contributed by atoms with Gasteiger partial charge in [-0.05, 0) is 24.6 Å². The van der Waals surface area contributed by atoms with Gasteiger partial charge in [-0.15, -0.1) is 6.58 Å². The van der Waals surface area contributed by atoms with Crippen molar-refractivity contribution >= 4 is 11.6 Å². The van der Waals surface area contributed by atoms with Crippen molar-refractivity contribution in [2.45, 2.75) is 19.4 Å². The van der Waals surface area contributed by atoms with E-state index in [1.54, 1.807) is 0 Å². The lowest BCUT2D eigenvalue weighted by Crippen LogP contribution is -2.20. The van der Waals surface area contributed by atoms with E-state index in [2.05, 4.69) is 18.8 Å². The summed E-state index contributed by atoms with van der Waals surface area (Å²) in [6.07, 6.45) is 2.99. The predicted octanol–water partition coefficient (Wildman–Crippen LogP) is 3.57. The zero-order chi connectivity index (χ0) is 10.4. The van der Waals surface area contributed by atoms with Gasteiger partial charge in [0.2, 0.25) is 0 Å². The molecule has 1 unspecified atom stereocenters. The molecule has 0 aliphatic carbocycles. The van der Waals surface area contributed by atoms with Crippen molar-refractivity contribution in [1.82, 2.24) is 5.32 Å². The largest absolute Gasteiger partial charge is 0.307 e. The molecule has 0 radical (unpaired) electrons. The van der Waals surface area contributed by atoms with E-state index >= 15 is 0 Å². The third-order valence-corrected chi connectivity index (χ3v) is 2.43. The maximum atomic E-state index is 6.09. The number of nitrogens with one attached hydrogen (secondary N) is 1. The molecule has 0 bridgehead atoms. The van der Waals surface area contributed by atoms with Crippen molar-refractivity contribution in [3.05, 3.63) is 47.5 Å². The molecule has 0 amide bonds. The Kier molecular flexibility index (Phi) is 4.71. The lowest BCUT2D eigenvalue weighted by molar-refractivity contribution is 0.614. The molecule has 76 valence electrons. The van der Waals surface area contributed by atoms with Crippen molar-refractivity contribution in [3.63, 3.8) is 0 Å². The maximum Gasteiger partial charge on any atom is 0.0518 e. The third kappa shape index (κ3) is 2.86. The van der Waals surface area contributed by atoms with Crippen molar-refractivity contribution in [2.75, 3.05) is 6.54 Å². The molecule has 0 saturated heterocycles. The summed E-state index contributed by atoms with van der Waals surface area (Å²) in [5, 5.41) is 4.17. The zero-order valence-electron chi connectivity index (χ0n) is 8.46. The second kappa shape index (κ2) is 5.84. The molecule has 1 N–H and O–H groups in total. The highest BCUT2D eigenvalue weighted by Gasteiger charge is 2.08. The monoisotopic (exact) mass is 209 g/mol. The van der Waals surface area contributed by atoms with E-state index in [1.807, 2.05) is 30.3 Å². The summed E-state index contributed by atoms with van der Waals surface area (Å²) in [7, 11) is 0. The van der Waals surface area contributed by atoms with Crippen LogP contribution in [-0.2, 0) is 0 Å². The van der Waals surface area contributed by atoms with Crippen LogP contribution in [0.15, 0.2) is 36.9 Å². The Labute approximate surface area is 90.8 Å². The van der Waals surface area contributed by atoms with Crippen molar-refractivity contribution in [1.29, 1.82) is 0 Å². The number of hydrogen-bond donors (Lipinski definition) is 1. The fourth-order valence-electron chi connectivity index (χ4n) is 1.35. The van der Waals surface area contributed by atoms with Gasteiger partial charge in [0.05, 0.1) is 6.04 Å². The van der Waals surface area contributed by atoms with Crippen LogP contribution in [0.25, 0.3) is 0 Å². The molecule has 1 nitrogen and oxygen atoms in total. The van der Waals surface area contributed by atoms with Crippen LogP contribution >= 0.6 is 11.6 Å². The molecule has 0 heterocycles. The summed E-state index contributed by atoms with van der Waals surface area (Å²) in [6, 6.07) is 8.01. The molecule has 2 heteroatoms. The Morgan fingerprint density at radius 3 is 2.79 bits per heavy atom. The Morgan fingerprint density at radius 1 is 1.50 bits per heavy atom. The lowest BCUT2D eigenvalue weighted by Gasteiger charge is -2.15. The minimum atomic E-state index is 0.156. The van der Waals surface area contributed by atoms with Crippen LogP contribution in [0.4, 0.5) is 0 Å². The molecule has 1 aromatic carbocycles. The number of halogens is 1. The second-order valence-electron chi connectivity index (χ2n) is 3.19. The van der Waals surface area contributed by atoms with E-state index in [0.717, 1.165) is 23.6 Å². The maximum absolute atomic E-state index is 6.09. The van der Waals surface area contributed by atoms with E-state index in [9.17, 15) is 0 Å². The molecule has 0 aliphatic rings. The average molecular weight is 210 g/mol. The first-order chi connectivity index (χ1) is 6.79. The molecule has 0 fully saturated rings. The van der Waals surface area contributed by atoms with Gasteiger partial charge in [0.25, 0.3) is 0 Å². The fraction of sp³-hybridized carbons (Fsp3) is 0.333. The summed E-state index contributed by atoms with van der Waals surface area (Å²) >= 11 is 6.09. The van der Waals surface area contributed by atoms with E-state index in [1.165, 1.54) is 0 Å². The minimum absolute atomic E-state index is 0.156. The number of rotatable bonds is 5. The van der Waals surface area contributed by atoms with E-state index in [4.69, 9.17) is 11.6 Å². The Hall–Kier alpha value is -0.790. The number of hydrogen-bond acceptors (Lipinski definition) is 1. The van der Waals surface area contributed by atoms with Gasteiger partial charge in [0.15, 0.2) is 0 Å². The summed E-state index contributed by atoms with van der Waals surface area (Å²) < 4.78 is 0. The average Bonchev–Trinajstić information content (AvgIpc) is 2.21. The molecule has 0 aromatic heterocycles. The molecule has 14 heavy (non-hydrogen) atoms. The first-order valence-electron chi connectivity index (χ1n) is 4.90. The van der Waals surface area contributed by atoms with Gasteiger partial charge >= 0.3 is 0 Å². The lowest BCUT2D eigenvalue weighted by atomic mass is 10.1. The quantitative estimate of drug-likeness (QED) is 0.732.